The fourth-order valence-corrected chi connectivity index (χ4v) is 2.76. The molecule has 0 radical (unpaired) electrons. The van der Waals surface area contributed by atoms with Crippen LogP contribution in [-0.4, -0.2) is 18.2 Å². The summed E-state index contributed by atoms with van der Waals surface area (Å²) in [5, 5.41) is 6.27. The number of rotatable bonds is 5. The lowest BCUT2D eigenvalue weighted by Gasteiger charge is -2.19. The third kappa shape index (κ3) is 6.06. The van der Waals surface area contributed by atoms with Crippen LogP contribution in [0.4, 0.5) is 10.5 Å². The number of carbonyl (C=O) groups is 1. The molecule has 0 saturated heterocycles. The summed E-state index contributed by atoms with van der Waals surface area (Å²) in [5.74, 6) is 0.855. The van der Waals surface area contributed by atoms with Crippen molar-refractivity contribution in [1.82, 2.24) is 5.32 Å². The van der Waals surface area contributed by atoms with Gasteiger partial charge in [0.2, 0.25) is 0 Å². The Morgan fingerprint density at radius 3 is 2.41 bits per heavy atom. The first-order chi connectivity index (χ1) is 10.4. The smallest absolute Gasteiger partial charge is 0.412 e. The Labute approximate surface area is 133 Å². The van der Waals surface area contributed by atoms with Crippen LogP contribution in [0.1, 0.15) is 52.0 Å². The van der Waals surface area contributed by atoms with Crippen LogP contribution in [0.2, 0.25) is 0 Å². The van der Waals surface area contributed by atoms with Crippen LogP contribution in [-0.2, 0) is 11.3 Å². The van der Waals surface area contributed by atoms with Gasteiger partial charge in [0.25, 0.3) is 0 Å². The maximum atomic E-state index is 11.7. The Morgan fingerprint density at radius 1 is 1.18 bits per heavy atom. The number of nitrogens with one attached hydrogen (secondary N) is 2. The van der Waals surface area contributed by atoms with E-state index in [-0.39, 0.29) is 0 Å². The zero-order valence-electron chi connectivity index (χ0n) is 13.9. The second kappa shape index (κ2) is 7.63. The molecule has 1 aliphatic carbocycles. The average molecular weight is 304 g/mol. The highest BCUT2D eigenvalue weighted by Crippen LogP contribution is 2.23. The minimum atomic E-state index is -0.478. The first-order valence-corrected chi connectivity index (χ1v) is 8.22. The van der Waals surface area contributed by atoms with Gasteiger partial charge in [-0.2, -0.15) is 0 Å². The number of hydrogen-bond donors (Lipinski definition) is 2. The van der Waals surface area contributed by atoms with Crippen LogP contribution in [0.25, 0.3) is 0 Å². The summed E-state index contributed by atoms with van der Waals surface area (Å²) in [6.07, 6.45) is 5.09. The molecule has 0 bridgehead atoms. The van der Waals surface area contributed by atoms with Gasteiger partial charge in [-0.05, 0) is 63.8 Å². The molecular weight excluding hydrogens is 276 g/mol. The number of hydrogen-bond acceptors (Lipinski definition) is 3. The molecule has 0 aromatic heterocycles. The molecule has 0 atom stereocenters. The fraction of sp³-hybridized carbons (Fsp3) is 0.611. The summed E-state index contributed by atoms with van der Waals surface area (Å²) >= 11 is 0. The van der Waals surface area contributed by atoms with Crippen LogP contribution in [0.3, 0.4) is 0 Å². The fourth-order valence-electron chi connectivity index (χ4n) is 2.76. The van der Waals surface area contributed by atoms with Gasteiger partial charge in [-0.25, -0.2) is 4.79 Å². The maximum Gasteiger partial charge on any atom is 0.412 e. The zero-order chi connectivity index (χ0) is 16.0. The summed E-state index contributed by atoms with van der Waals surface area (Å²) in [5.41, 5.74) is 1.51. The molecule has 1 aliphatic rings. The van der Waals surface area contributed by atoms with E-state index in [1.807, 2.05) is 45.0 Å². The third-order valence-corrected chi connectivity index (χ3v) is 3.84. The lowest BCUT2D eigenvalue weighted by Crippen LogP contribution is -2.27. The van der Waals surface area contributed by atoms with E-state index in [1.165, 1.54) is 31.2 Å². The van der Waals surface area contributed by atoms with E-state index in [4.69, 9.17) is 4.74 Å². The molecule has 0 aliphatic heterocycles. The zero-order valence-corrected chi connectivity index (χ0v) is 13.9. The number of ether oxygens (including phenoxy) is 1. The molecule has 4 heteroatoms. The summed E-state index contributed by atoms with van der Waals surface area (Å²) in [4.78, 5) is 11.7. The van der Waals surface area contributed by atoms with Crippen molar-refractivity contribution in [2.24, 2.45) is 5.92 Å². The number of amides is 1. The highest BCUT2D eigenvalue weighted by molar-refractivity contribution is 5.84. The van der Waals surface area contributed by atoms with Gasteiger partial charge in [-0.15, -0.1) is 0 Å². The molecule has 1 aromatic carbocycles. The van der Waals surface area contributed by atoms with E-state index >= 15 is 0 Å². The molecule has 0 unspecified atom stereocenters. The van der Waals surface area contributed by atoms with E-state index in [9.17, 15) is 4.79 Å². The van der Waals surface area contributed by atoms with Crippen LogP contribution in [0.15, 0.2) is 24.3 Å². The molecule has 122 valence electrons. The van der Waals surface area contributed by atoms with Gasteiger partial charge in [0.15, 0.2) is 0 Å². The number of anilines is 1. The van der Waals surface area contributed by atoms with Gasteiger partial charge in [-0.3, -0.25) is 5.32 Å². The highest BCUT2D eigenvalue weighted by atomic mass is 16.6. The molecule has 1 fully saturated rings. The summed E-state index contributed by atoms with van der Waals surface area (Å²) in [6.45, 7) is 7.55. The Hall–Kier alpha value is -1.55. The quantitative estimate of drug-likeness (QED) is 0.852. The first-order valence-electron chi connectivity index (χ1n) is 8.22. The maximum absolute atomic E-state index is 11.7. The molecule has 1 saturated carbocycles. The van der Waals surface area contributed by atoms with Crippen molar-refractivity contribution in [3.05, 3.63) is 29.8 Å². The van der Waals surface area contributed by atoms with Crippen molar-refractivity contribution in [3.63, 3.8) is 0 Å². The molecule has 4 nitrogen and oxygen atoms in total. The van der Waals surface area contributed by atoms with Gasteiger partial charge in [0.05, 0.1) is 0 Å². The summed E-state index contributed by atoms with van der Waals surface area (Å²) < 4.78 is 5.23. The Kier molecular flexibility index (Phi) is 5.83. The average Bonchev–Trinajstić information content (AvgIpc) is 2.92. The largest absolute Gasteiger partial charge is 0.444 e. The monoisotopic (exact) mass is 304 g/mol. The topological polar surface area (TPSA) is 50.4 Å². The predicted octanol–water partition coefficient (Wildman–Crippen LogP) is 4.31. The summed E-state index contributed by atoms with van der Waals surface area (Å²) in [7, 11) is 0. The van der Waals surface area contributed by atoms with Crippen LogP contribution >= 0.6 is 0 Å². The van der Waals surface area contributed by atoms with Gasteiger partial charge < -0.3 is 10.1 Å². The first kappa shape index (κ1) is 16.8. The number of benzene rings is 1. The Morgan fingerprint density at radius 2 is 1.82 bits per heavy atom. The molecule has 0 heterocycles. The van der Waals surface area contributed by atoms with Crippen molar-refractivity contribution >= 4 is 11.8 Å². The van der Waals surface area contributed by atoms with Crippen LogP contribution < -0.4 is 10.6 Å². The lowest BCUT2D eigenvalue weighted by molar-refractivity contribution is 0.0636. The molecular formula is C18H28N2O2. The minimum Gasteiger partial charge on any atom is -0.444 e. The standard InChI is InChI=1S/C18H28N2O2/c1-18(2,3)22-17(21)20-16-10-8-15(9-11-16)13-19-12-14-6-4-5-7-14/h8-11,14,19H,4-7,12-13H2,1-3H3,(H,20,21). The van der Waals surface area contributed by atoms with Gasteiger partial charge in [-0.1, -0.05) is 25.0 Å². The van der Waals surface area contributed by atoms with E-state index in [2.05, 4.69) is 10.6 Å². The highest BCUT2D eigenvalue weighted by Gasteiger charge is 2.16. The number of carbonyl (C=O) groups excluding carboxylic acids is 1. The summed E-state index contributed by atoms with van der Waals surface area (Å²) in [6, 6.07) is 7.90. The van der Waals surface area contributed by atoms with Crippen LogP contribution in [0.5, 0.6) is 0 Å². The van der Waals surface area contributed by atoms with Crippen molar-refractivity contribution in [2.75, 3.05) is 11.9 Å². The second-order valence-electron chi connectivity index (χ2n) is 7.11. The van der Waals surface area contributed by atoms with Gasteiger partial charge in [0.1, 0.15) is 5.60 Å². The van der Waals surface area contributed by atoms with Crippen molar-refractivity contribution in [2.45, 2.75) is 58.6 Å². The van der Waals surface area contributed by atoms with E-state index < -0.39 is 11.7 Å². The molecule has 0 spiro atoms. The molecule has 2 rings (SSSR count). The van der Waals surface area contributed by atoms with Crippen molar-refractivity contribution in [3.8, 4) is 0 Å². The normalized spacial score (nSPS) is 15.8. The van der Waals surface area contributed by atoms with E-state index in [0.717, 1.165) is 24.7 Å². The molecule has 1 aromatic rings. The predicted molar refractivity (Wildman–Crippen MR) is 90.0 cm³/mol. The third-order valence-electron chi connectivity index (χ3n) is 3.84. The van der Waals surface area contributed by atoms with Crippen molar-refractivity contribution in [1.29, 1.82) is 0 Å². The van der Waals surface area contributed by atoms with Gasteiger partial charge in [0, 0.05) is 12.2 Å². The Balaban J connectivity index is 1.73. The molecule has 22 heavy (non-hydrogen) atoms. The SMILES string of the molecule is CC(C)(C)OC(=O)Nc1ccc(CNCC2CCCC2)cc1. The molecule has 1 amide bonds. The lowest BCUT2D eigenvalue weighted by atomic mass is 10.1. The van der Waals surface area contributed by atoms with E-state index in [0.29, 0.717) is 0 Å². The van der Waals surface area contributed by atoms with Gasteiger partial charge >= 0.3 is 6.09 Å². The minimum absolute atomic E-state index is 0.417. The second-order valence-corrected chi connectivity index (χ2v) is 7.11. The Bertz CT molecular complexity index is 471. The molecule has 2 N–H and O–H groups in total. The van der Waals surface area contributed by atoms with Crippen molar-refractivity contribution < 1.29 is 9.53 Å². The van der Waals surface area contributed by atoms with Crippen LogP contribution in [0, 0.1) is 5.92 Å². The van der Waals surface area contributed by atoms with E-state index in [1.54, 1.807) is 0 Å².